The summed E-state index contributed by atoms with van der Waals surface area (Å²) in [4.78, 5) is 0. The zero-order valence-corrected chi connectivity index (χ0v) is 19.3. The van der Waals surface area contributed by atoms with Gasteiger partial charge in [0.25, 0.3) is 0 Å². The Labute approximate surface area is 182 Å². The van der Waals surface area contributed by atoms with E-state index in [-0.39, 0.29) is 23.5 Å². The molecule has 0 aliphatic rings. The largest absolute Gasteiger partial charge is 0.497 e. The number of ether oxygens (including phenoxy) is 2. The van der Waals surface area contributed by atoms with Gasteiger partial charge in [-0.1, -0.05) is 44.9 Å². The molecule has 0 spiro atoms. The van der Waals surface area contributed by atoms with E-state index in [1.165, 1.54) is 11.1 Å². The van der Waals surface area contributed by atoms with Crippen molar-refractivity contribution < 1.29 is 31.9 Å². The van der Waals surface area contributed by atoms with Crippen LogP contribution in [0.1, 0.15) is 56.2 Å². The average molecular weight is 424 g/mol. The number of hydrogen-bond donors (Lipinski definition) is 1. The van der Waals surface area contributed by atoms with Crippen molar-refractivity contribution in [3.63, 3.8) is 0 Å². The van der Waals surface area contributed by atoms with Crippen LogP contribution >= 0.6 is 0 Å². The van der Waals surface area contributed by atoms with Crippen LogP contribution in [0.5, 0.6) is 5.75 Å². The fraction of sp³-hybridized carbons (Fsp3) is 0.500. The molecule has 156 valence electrons. The SMILES string of the molecule is CCC[C@@H](OCC(C)O)[C@H](C)c1[c-]c(C)ccc1.COc1ccc(C)cc1.[Cr]. The summed E-state index contributed by atoms with van der Waals surface area (Å²) in [6, 6.07) is 17.6. The topological polar surface area (TPSA) is 38.7 Å². The van der Waals surface area contributed by atoms with Crippen molar-refractivity contribution in [2.45, 2.75) is 65.6 Å². The van der Waals surface area contributed by atoms with Crippen molar-refractivity contribution >= 4 is 0 Å². The van der Waals surface area contributed by atoms with Crippen molar-refractivity contribution in [2.75, 3.05) is 13.7 Å². The summed E-state index contributed by atoms with van der Waals surface area (Å²) < 4.78 is 10.8. The maximum Gasteiger partial charge on any atom is 0.118 e. The van der Waals surface area contributed by atoms with Crippen LogP contribution in [0.4, 0.5) is 0 Å². The quantitative estimate of drug-likeness (QED) is 0.573. The predicted octanol–water partition coefficient (Wildman–Crippen LogP) is 5.47. The predicted molar refractivity (Wildman–Crippen MR) is 112 cm³/mol. The molecular formula is C24H35CrO3-. The molecule has 0 fully saturated rings. The van der Waals surface area contributed by atoms with E-state index in [0.717, 1.165) is 24.2 Å². The standard InChI is InChI=1S/C16H25O2.C8H10O.Cr/c1-5-7-16(18-11-13(3)17)14(4)15-9-6-8-12(2)10-15;1-7-3-5-8(9-2)6-4-7;/h6,8-9,13-14,16-17H,5,7,11H2,1-4H3;3-6H,1-2H3;/q-1;;/t13?,14-,16-;;/m1../s1. The number of aryl methyl sites for hydroxylation is 2. The Morgan fingerprint density at radius 2 is 1.68 bits per heavy atom. The zero-order chi connectivity index (χ0) is 20.2. The molecule has 2 aromatic rings. The molecule has 0 aliphatic carbocycles. The van der Waals surface area contributed by atoms with E-state index in [1.807, 2.05) is 24.3 Å². The molecule has 0 saturated carbocycles. The first kappa shape index (κ1) is 26.7. The molecule has 28 heavy (non-hydrogen) atoms. The Hall–Kier alpha value is -1.31. The molecule has 1 N–H and O–H groups in total. The minimum Gasteiger partial charge on any atom is -0.497 e. The smallest absolute Gasteiger partial charge is 0.118 e. The average Bonchev–Trinajstić information content (AvgIpc) is 2.65. The monoisotopic (exact) mass is 423 g/mol. The Balaban J connectivity index is 0.000000614. The van der Waals surface area contributed by atoms with Crippen molar-refractivity contribution in [1.82, 2.24) is 0 Å². The van der Waals surface area contributed by atoms with Gasteiger partial charge in [-0.25, -0.2) is 0 Å². The van der Waals surface area contributed by atoms with Gasteiger partial charge in [-0.2, -0.15) is 35.4 Å². The molecule has 4 heteroatoms. The van der Waals surface area contributed by atoms with Gasteiger partial charge >= 0.3 is 0 Å². The molecule has 3 atom stereocenters. The molecule has 0 aromatic heterocycles. The molecule has 0 radical (unpaired) electrons. The van der Waals surface area contributed by atoms with Crippen LogP contribution in [0, 0.1) is 19.9 Å². The molecule has 1 unspecified atom stereocenters. The van der Waals surface area contributed by atoms with E-state index in [2.05, 4.69) is 52.0 Å². The van der Waals surface area contributed by atoms with Gasteiger partial charge < -0.3 is 14.6 Å². The molecule has 0 heterocycles. The summed E-state index contributed by atoms with van der Waals surface area (Å²) in [7, 11) is 1.67. The van der Waals surface area contributed by atoms with E-state index in [0.29, 0.717) is 12.5 Å². The van der Waals surface area contributed by atoms with Crippen LogP contribution in [0.15, 0.2) is 42.5 Å². The molecule has 3 nitrogen and oxygen atoms in total. The first-order valence-electron chi connectivity index (χ1n) is 9.76. The van der Waals surface area contributed by atoms with Crippen LogP contribution in [0.25, 0.3) is 0 Å². The van der Waals surface area contributed by atoms with E-state index in [4.69, 9.17) is 9.47 Å². The summed E-state index contributed by atoms with van der Waals surface area (Å²) in [6.45, 7) is 10.6. The first-order chi connectivity index (χ1) is 12.9. The van der Waals surface area contributed by atoms with Crippen molar-refractivity contribution in [1.29, 1.82) is 0 Å². The maximum atomic E-state index is 9.33. The third kappa shape index (κ3) is 10.3. The molecule has 0 aliphatic heterocycles. The van der Waals surface area contributed by atoms with Gasteiger partial charge in [0.15, 0.2) is 0 Å². The van der Waals surface area contributed by atoms with Crippen molar-refractivity contribution in [3.05, 3.63) is 65.2 Å². The summed E-state index contributed by atoms with van der Waals surface area (Å²) >= 11 is 0. The van der Waals surface area contributed by atoms with Gasteiger partial charge in [-0.05, 0) is 38.3 Å². The first-order valence-corrected chi connectivity index (χ1v) is 9.76. The minimum atomic E-state index is -0.405. The number of hydrogen-bond acceptors (Lipinski definition) is 3. The third-order valence-electron chi connectivity index (χ3n) is 4.39. The van der Waals surface area contributed by atoms with Crippen molar-refractivity contribution in [3.8, 4) is 5.75 Å². The second kappa shape index (κ2) is 14.7. The molecule has 0 bridgehead atoms. The van der Waals surface area contributed by atoms with Crippen LogP contribution in [-0.4, -0.2) is 31.0 Å². The Morgan fingerprint density at radius 1 is 1.04 bits per heavy atom. The zero-order valence-electron chi connectivity index (χ0n) is 18.1. The van der Waals surface area contributed by atoms with Gasteiger partial charge in [0.05, 0.1) is 25.9 Å². The van der Waals surface area contributed by atoms with Crippen LogP contribution in [0.2, 0.25) is 0 Å². The van der Waals surface area contributed by atoms with E-state index >= 15 is 0 Å². The second-order valence-electron chi connectivity index (χ2n) is 7.10. The van der Waals surface area contributed by atoms with Gasteiger partial charge in [-0.15, -0.1) is 0 Å². The number of rotatable bonds is 8. The number of aliphatic hydroxyl groups is 1. The number of methoxy groups -OCH3 is 1. The minimum absolute atomic E-state index is 0. The molecule has 0 saturated heterocycles. The third-order valence-corrected chi connectivity index (χ3v) is 4.39. The molecule has 2 aromatic carbocycles. The van der Waals surface area contributed by atoms with E-state index in [1.54, 1.807) is 14.0 Å². The van der Waals surface area contributed by atoms with Crippen LogP contribution in [-0.2, 0) is 22.1 Å². The summed E-state index contributed by atoms with van der Waals surface area (Å²) in [6.07, 6.45) is 1.84. The fourth-order valence-electron chi connectivity index (χ4n) is 2.77. The fourth-order valence-corrected chi connectivity index (χ4v) is 2.77. The summed E-state index contributed by atoms with van der Waals surface area (Å²) in [5.74, 6) is 1.23. The van der Waals surface area contributed by atoms with E-state index in [9.17, 15) is 5.11 Å². The van der Waals surface area contributed by atoms with Crippen LogP contribution in [0.3, 0.4) is 0 Å². The second-order valence-corrected chi connectivity index (χ2v) is 7.10. The van der Waals surface area contributed by atoms with Crippen LogP contribution < -0.4 is 4.74 Å². The molecular weight excluding hydrogens is 388 g/mol. The maximum absolute atomic E-state index is 9.33. The summed E-state index contributed by atoms with van der Waals surface area (Å²) in [5, 5.41) is 9.33. The number of benzene rings is 2. The number of aliphatic hydroxyl groups excluding tert-OH is 1. The molecule has 0 amide bonds. The van der Waals surface area contributed by atoms with Gasteiger partial charge in [0.2, 0.25) is 0 Å². The van der Waals surface area contributed by atoms with Gasteiger partial charge in [0.1, 0.15) is 5.75 Å². The van der Waals surface area contributed by atoms with E-state index < -0.39 is 6.10 Å². The van der Waals surface area contributed by atoms with Gasteiger partial charge in [0, 0.05) is 17.4 Å². The van der Waals surface area contributed by atoms with Crippen molar-refractivity contribution in [2.24, 2.45) is 0 Å². The Morgan fingerprint density at radius 3 is 2.18 bits per heavy atom. The summed E-state index contributed by atoms with van der Waals surface area (Å²) in [5.41, 5.74) is 3.61. The Kier molecular flexibility index (Phi) is 14.0. The normalized spacial score (nSPS) is 13.4. The Bertz CT molecular complexity index is 641. The molecule has 2 rings (SSSR count). The van der Waals surface area contributed by atoms with Gasteiger partial charge in [-0.3, -0.25) is 0 Å².